The first-order chi connectivity index (χ1) is 17.6. The highest BCUT2D eigenvalue weighted by atomic mass is 16.3. The van der Waals surface area contributed by atoms with E-state index in [1.54, 1.807) is 12.2 Å². The van der Waals surface area contributed by atoms with Gasteiger partial charge in [-0.2, -0.15) is 4.58 Å². The summed E-state index contributed by atoms with van der Waals surface area (Å²) in [4.78, 5) is 13.3. The lowest BCUT2D eigenvalue weighted by Crippen LogP contribution is -2.31. The third-order valence-electron chi connectivity index (χ3n) is 7.65. The van der Waals surface area contributed by atoms with E-state index in [4.69, 9.17) is 0 Å². The second-order valence-electron chi connectivity index (χ2n) is 9.39. The molecule has 7 rings (SSSR count). The second kappa shape index (κ2) is 7.53. The van der Waals surface area contributed by atoms with Gasteiger partial charge in [0.2, 0.25) is 11.4 Å². The van der Waals surface area contributed by atoms with Crippen molar-refractivity contribution in [3.05, 3.63) is 107 Å². The molecule has 0 bridgehead atoms. The highest BCUT2D eigenvalue weighted by Crippen LogP contribution is 2.37. The standard InChI is InChI=1S/C32H24N2O2/c1-3-33-25-15-7-11-19-9-5-13-21(29(19)25)27(33)17-23-31(35)24(32(23)36)18-28-22-14-6-10-20-12-8-16-26(30(20)22)34(28)4-2/h5-18H,3-4H2,1-2H3. The zero-order valence-corrected chi connectivity index (χ0v) is 20.2. The third-order valence-corrected chi connectivity index (χ3v) is 7.65. The number of Topliss-reactive ketones (excluding diaryl/α,β-unsaturated/α-hetero) is 1. The Bertz CT molecular complexity index is 1920. The van der Waals surface area contributed by atoms with Crippen LogP contribution in [0, 0.1) is 0 Å². The molecule has 36 heavy (non-hydrogen) atoms. The molecule has 0 unspecified atom stereocenters. The van der Waals surface area contributed by atoms with Gasteiger partial charge in [-0.05, 0) is 42.8 Å². The number of hydrogen-bond donors (Lipinski definition) is 0. The predicted octanol–water partition coefficient (Wildman–Crippen LogP) is 4.76. The summed E-state index contributed by atoms with van der Waals surface area (Å²) >= 11 is 0. The molecular formula is C32H24N2O2. The first-order valence-corrected chi connectivity index (χ1v) is 12.5. The number of carbonyl (C=O) groups excluding carboxylic acids is 1. The fourth-order valence-corrected chi connectivity index (χ4v) is 6.03. The van der Waals surface area contributed by atoms with Gasteiger partial charge in [-0.15, -0.1) is 0 Å². The van der Waals surface area contributed by atoms with Crippen molar-refractivity contribution in [1.29, 1.82) is 0 Å². The summed E-state index contributed by atoms with van der Waals surface area (Å²) in [6, 6.07) is 24.9. The van der Waals surface area contributed by atoms with Crippen LogP contribution in [0.25, 0.3) is 38.5 Å². The Labute approximate surface area is 208 Å². The molecule has 4 heteroatoms. The summed E-state index contributed by atoms with van der Waals surface area (Å²) in [5, 5.41) is 20.0. The van der Waals surface area contributed by atoms with E-state index in [0.717, 1.165) is 57.1 Å². The van der Waals surface area contributed by atoms with Crippen LogP contribution in [-0.2, 0) is 11.3 Å². The molecule has 1 aromatic heterocycles. The molecule has 1 aliphatic carbocycles. The van der Waals surface area contributed by atoms with E-state index in [-0.39, 0.29) is 22.7 Å². The van der Waals surface area contributed by atoms with Crippen molar-refractivity contribution in [2.75, 3.05) is 6.54 Å². The van der Waals surface area contributed by atoms with Gasteiger partial charge in [0.1, 0.15) is 6.54 Å². The number of carbonyl (C=O) groups is 1. The average Bonchev–Trinajstić information content (AvgIpc) is 3.40. The van der Waals surface area contributed by atoms with Crippen molar-refractivity contribution in [3.8, 4) is 0 Å². The Balaban J connectivity index is 1.41. The summed E-state index contributed by atoms with van der Waals surface area (Å²) in [5.74, 6) is -0.364. The highest BCUT2D eigenvalue weighted by Gasteiger charge is 2.33. The molecule has 2 heterocycles. The van der Waals surface area contributed by atoms with E-state index >= 15 is 0 Å². The van der Waals surface area contributed by atoms with Gasteiger partial charge in [0.15, 0.2) is 5.78 Å². The van der Waals surface area contributed by atoms with E-state index in [1.165, 1.54) is 10.8 Å². The minimum Gasteiger partial charge on any atom is -0.871 e. The van der Waals surface area contributed by atoms with Crippen molar-refractivity contribution >= 4 is 55.7 Å². The number of hydrogen-bond acceptors (Lipinski definition) is 2. The quantitative estimate of drug-likeness (QED) is 0.282. The van der Waals surface area contributed by atoms with Crippen LogP contribution < -0.4 is 10.5 Å². The first-order valence-electron chi connectivity index (χ1n) is 12.5. The van der Waals surface area contributed by atoms with Gasteiger partial charge < -0.3 is 9.67 Å². The molecule has 0 saturated heterocycles. The van der Waals surface area contributed by atoms with E-state index in [2.05, 4.69) is 83.7 Å². The van der Waals surface area contributed by atoms with E-state index in [0.29, 0.717) is 0 Å². The van der Waals surface area contributed by atoms with E-state index < -0.39 is 0 Å². The Morgan fingerprint density at radius 1 is 0.861 bits per heavy atom. The number of nitrogens with zero attached hydrogens (tertiary/aromatic N) is 2. The van der Waals surface area contributed by atoms with Crippen molar-refractivity contribution in [3.63, 3.8) is 0 Å². The molecule has 0 amide bonds. The van der Waals surface area contributed by atoms with Crippen LogP contribution in [0.3, 0.4) is 0 Å². The number of rotatable bonds is 4. The van der Waals surface area contributed by atoms with Gasteiger partial charge in [-0.1, -0.05) is 60.4 Å². The Kier molecular flexibility index (Phi) is 4.37. The lowest BCUT2D eigenvalue weighted by molar-refractivity contribution is -0.430. The summed E-state index contributed by atoms with van der Waals surface area (Å²) < 4.78 is 4.38. The Morgan fingerprint density at radius 2 is 1.56 bits per heavy atom. The Morgan fingerprint density at radius 3 is 2.28 bits per heavy atom. The molecule has 0 spiro atoms. The van der Waals surface area contributed by atoms with Gasteiger partial charge >= 0.3 is 0 Å². The van der Waals surface area contributed by atoms with Gasteiger partial charge in [0.05, 0.1) is 10.9 Å². The molecule has 1 aliphatic heterocycles. The largest absolute Gasteiger partial charge is 0.871 e. The normalized spacial score (nSPS) is 17.0. The smallest absolute Gasteiger partial charge is 0.214 e. The van der Waals surface area contributed by atoms with E-state index in [1.807, 2.05) is 12.1 Å². The summed E-state index contributed by atoms with van der Waals surface area (Å²) in [5.41, 5.74) is 4.76. The van der Waals surface area contributed by atoms with Gasteiger partial charge in [0.25, 0.3) is 0 Å². The molecule has 0 atom stereocenters. The lowest BCUT2D eigenvalue weighted by Gasteiger charge is -2.28. The van der Waals surface area contributed by atoms with Crippen LogP contribution in [-0.4, -0.2) is 27.2 Å². The molecule has 2 aliphatic rings. The fraction of sp³-hybridized carbons (Fsp3) is 0.125. The molecule has 0 N–H and O–H groups in total. The SMILES string of the molecule is CCn1/c(=C/C2=C([O-])C(=C/C3=[N+](CC)c4cccc5cccc3c45)/C2=O)c2cccc3cccc1c32. The monoisotopic (exact) mass is 468 g/mol. The molecule has 5 aromatic rings. The predicted molar refractivity (Wildman–Crippen MR) is 143 cm³/mol. The fourth-order valence-electron chi connectivity index (χ4n) is 6.03. The first kappa shape index (κ1) is 20.9. The Hall–Kier alpha value is -4.44. The van der Waals surface area contributed by atoms with Crippen LogP contribution in [0.2, 0.25) is 0 Å². The van der Waals surface area contributed by atoms with Gasteiger partial charge in [-0.3, -0.25) is 4.79 Å². The maximum Gasteiger partial charge on any atom is 0.214 e. The topological polar surface area (TPSA) is 48.1 Å². The highest BCUT2D eigenvalue weighted by molar-refractivity contribution is 6.29. The minimum absolute atomic E-state index is 0.182. The summed E-state index contributed by atoms with van der Waals surface area (Å²) in [6.45, 7) is 5.69. The zero-order chi connectivity index (χ0) is 24.6. The van der Waals surface area contributed by atoms with Crippen molar-refractivity contribution < 1.29 is 14.5 Å². The molecule has 0 saturated carbocycles. The molecular weight excluding hydrogens is 444 g/mol. The minimum atomic E-state index is -0.182. The van der Waals surface area contributed by atoms with Gasteiger partial charge in [-0.25, -0.2) is 0 Å². The molecule has 174 valence electrons. The zero-order valence-electron chi connectivity index (χ0n) is 20.2. The van der Waals surface area contributed by atoms with Crippen LogP contribution in [0.15, 0.2) is 95.8 Å². The van der Waals surface area contributed by atoms with Crippen LogP contribution in [0.5, 0.6) is 0 Å². The third kappa shape index (κ3) is 2.64. The van der Waals surface area contributed by atoms with Crippen molar-refractivity contribution in [1.82, 2.24) is 4.57 Å². The summed E-state index contributed by atoms with van der Waals surface area (Å²) in [6.07, 6.45) is 3.60. The van der Waals surface area contributed by atoms with Crippen LogP contribution in [0.1, 0.15) is 19.4 Å². The molecule has 0 fully saturated rings. The van der Waals surface area contributed by atoms with Crippen molar-refractivity contribution in [2.45, 2.75) is 20.4 Å². The lowest BCUT2D eigenvalue weighted by atomic mass is 9.86. The number of aromatic nitrogens is 1. The summed E-state index contributed by atoms with van der Waals surface area (Å²) in [7, 11) is 0. The number of benzene rings is 4. The maximum absolute atomic E-state index is 13.3. The van der Waals surface area contributed by atoms with Crippen LogP contribution in [0.4, 0.5) is 5.69 Å². The average molecular weight is 469 g/mol. The number of ketones is 1. The van der Waals surface area contributed by atoms with E-state index in [9.17, 15) is 9.90 Å². The maximum atomic E-state index is 13.3. The van der Waals surface area contributed by atoms with Crippen molar-refractivity contribution in [2.24, 2.45) is 0 Å². The number of allylic oxidation sites excluding steroid dienone is 3. The second-order valence-corrected chi connectivity index (χ2v) is 9.39. The molecule has 0 radical (unpaired) electrons. The molecule has 4 aromatic carbocycles. The number of aryl methyl sites for hydroxylation is 1. The molecule has 4 nitrogen and oxygen atoms in total. The van der Waals surface area contributed by atoms with Crippen LogP contribution >= 0.6 is 0 Å². The van der Waals surface area contributed by atoms with Gasteiger partial charge in [0, 0.05) is 51.5 Å².